The predicted octanol–water partition coefficient (Wildman–Crippen LogP) is 5.22. The minimum absolute atomic E-state index is 0.0146. The summed E-state index contributed by atoms with van der Waals surface area (Å²) in [7, 11) is 0. The number of benzene rings is 3. The fraction of sp³-hybridized carbons (Fsp3) is 0.250. The van der Waals surface area contributed by atoms with Crippen molar-refractivity contribution in [3.05, 3.63) is 65.0 Å². The van der Waals surface area contributed by atoms with Gasteiger partial charge in [-0.3, -0.25) is 4.79 Å². The van der Waals surface area contributed by atoms with Crippen molar-refractivity contribution < 1.29 is 36.6 Å². The molecule has 0 spiro atoms. The van der Waals surface area contributed by atoms with Crippen LogP contribution < -0.4 is 14.4 Å². The van der Waals surface area contributed by atoms with Crippen LogP contribution in [0, 0.1) is 5.82 Å². The van der Waals surface area contributed by atoms with Crippen molar-refractivity contribution in [1.82, 2.24) is 0 Å². The number of carbonyl (C=O) groups is 2. The van der Waals surface area contributed by atoms with Gasteiger partial charge in [0.15, 0.2) is 6.61 Å². The van der Waals surface area contributed by atoms with Crippen molar-refractivity contribution in [3.8, 4) is 11.5 Å². The molecule has 0 bridgehead atoms. The largest absolute Gasteiger partial charge is 0.492 e. The number of carbonyl (C=O) groups excluding carboxylic acids is 2. The van der Waals surface area contributed by atoms with E-state index in [1.165, 1.54) is 12.1 Å². The number of hydrogen-bond acceptors (Lipinski definition) is 4. The van der Waals surface area contributed by atoms with Gasteiger partial charge in [-0.2, -0.15) is 13.2 Å². The summed E-state index contributed by atoms with van der Waals surface area (Å²) in [4.78, 5) is 25.2. The third-order valence-corrected chi connectivity index (χ3v) is 5.29. The summed E-state index contributed by atoms with van der Waals surface area (Å²) in [6, 6.07) is 10.6. The van der Waals surface area contributed by atoms with Gasteiger partial charge in [0.25, 0.3) is 5.91 Å². The second-order valence-corrected chi connectivity index (χ2v) is 7.44. The zero-order valence-corrected chi connectivity index (χ0v) is 17.5. The Morgan fingerprint density at radius 3 is 2.36 bits per heavy atom. The van der Waals surface area contributed by atoms with E-state index in [0.717, 1.165) is 11.0 Å². The first kappa shape index (κ1) is 22.6. The molecule has 3 aromatic rings. The lowest BCUT2D eigenvalue weighted by Gasteiger charge is -2.18. The number of fused-ring (bicyclic) bond motifs is 2. The number of anilines is 1. The Morgan fingerprint density at radius 2 is 1.76 bits per heavy atom. The molecule has 9 heteroatoms. The van der Waals surface area contributed by atoms with Gasteiger partial charge in [0.1, 0.15) is 23.6 Å². The molecule has 0 aliphatic carbocycles. The number of aldehydes is 1. The van der Waals surface area contributed by atoms with Gasteiger partial charge < -0.3 is 19.2 Å². The fourth-order valence-electron chi connectivity index (χ4n) is 3.97. The third-order valence-electron chi connectivity index (χ3n) is 5.29. The van der Waals surface area contributed by atoms with E-state index in [2.05, 4.69) is 0 Å². The smallest absolute Gasteiger partial charge is 0.422 e. The lowest BCUT2D eigenvalue weighted by Crippen LogP contribution is -2.24. The molecule has 1 aliphatic rings. The predicted molar refractivity (Wildman–Crippen MR) is 113 cm³/mol. The molecule has 1 amide bonds. The summed E-state index contributed by atoms with van der Waals surface area (Å²) in [6.07, 6.45) is -3.94. The Bertz CT molecular complexity index is 1240. The second-order valence-electron chi connectivity index (χ2n) is 7.44. The maximum absolute atomic E-state index is 14.8. The molecule has 0 unspecified atom stereocenters. The normalized spacial score (nSPS) is 13.4. The van der Waals surface area contributed by atoms with Crippen molar-refractivity contribution in [2.45, 2.75) is 26.1 Å². The lowest BCUT2D eigenvalue weighted by molar-refractivity contribution is -0.153. The average molecular weight is 461 g/mol. The molecule has 0 radical (unpaired) electrons. The molecule has 0 saturated heterocycles. The van der Waals surface area contributed by atoms with Crippen molar-refractivity contribution in [1.29, 1.82) is 0 Å². The maximum Gasteiger partial charge on any atom is 0.422 e. The Morgan fingerprint density at radius 1 is 1.06 bits per heavy atom. The molecular weight excluding hydrogens is 442 g/mol. The van der Waals surface area contributed by atoms with E-state index in [-0.39, 0.29) is 47.9 Å². The zero-order chi connectivity index (χ0) is 23.8. The van der Waals surface area contributed by atoms with Gasteiger partial charge >= 0.3 is 6.18 Å². The molecule has 172 valence electrons. The van der Waals surface area contributed by atoms with E-state index < -0.39 is 24.5 Å². The van der Waals surface area contributed by atoms with Gasteiger partial charge in [0.2, 0.25) is 0 Å². The summed E-state index contributed by atoms with van der Waals surface area (Å²) >= 11 is 0. The van der Waals surface area contributed by atoms with E-state index in [9.17, 15) is 27.2 Å². The van der Waals surface area contributed by atoms with Crippen LogP contribution in [0.5, 0.6) is 11.5 Å². The average Bonchev–Trinajstić information content (AvgIpc) is 3.09. The highest BCUT2D eigenvalue weighted by atomic mass is 19.4. The molecule has 0 aromatic heterocycles. The number of ether oxygens (including phenoxy) is 2. The highest BCUT2D eigenvalue weighted by Crippen LogP contribution is 2.46. The fourth-order valence-corrected chi connectivity index (χ4v) is 3.97. The molecule has 3 aromatic carbocycles. The topological polar surface area (TPSA) is 55.8 Å². The highest BCUT2D eigenvalue weighted by Gasteiger charge is 2.39. The number of nitrogens with zero attached hydrogens (tertiary/aromatic N) is 1. The number of halogens is 4. The van der Waals surface area contributed by atoms with E-state index >= 15 is 0 Å². The molecule has 0 saturated carbocycles. The summed E-state index contributed by atoms with van der Waals surface area (Å²) in [6.45, 7) is 0.190. The van der Waals surface area contributed by atoms with Gasteiger partial charge in [-0.05, 0) is 24.6 Å². The molecule has 0 N–H and O–H groups in total. The standard InChI is InChI=1S/C24H19F4NO4/c1-2-32-22-16-6-4-3-5-15(16)21(33-13-24(26,27)28)17-12-29(23(31)20(17)22)19-8-7-14(9-10-30)11-18(19)25/h3-8,10-11H,2,9,12-13H2,1H3. The Hall–Kier alpha value is -3.62. The number of amides is 1. The van der Waals surface area contributed by atoms with Gasteiger partial charge in [-0.25, -0.2) is 4.39 Å². The van der Waals surface area contributed by atoms with Crippen LogP contribution in [0.3, 0.4) is 0 Å². The number of rotatable bonds is 7. The Labute approximate surface area is 186 Å². The van der Waals surface area contributed by atoms with E-state index in [4.69, 9.17) is 9.47 Å². The van der Waals surface area contributed by atoms with Gasteiger partial charge in [-0.15, -0.1) is 0 Å². The van der Waals surface area contributed by atoms with Crippen molar-refractivity contribution in [2.75, 3.05) is 18.1 Å². The number of alkyl halides is 3. The molecule has 1 heterocycles. The van der Waals surface area contributed by atoms with Crippen LogP contribution in [0.2, 0.25) is 0 Å². The van der Waals surface area contributed by atoms with E-state index in [0.29, 0.717) is 22.6 Å². The molecule has 0 fully saturated rings. The van der Waals surface area contributed by atoms with E-state index in [1.54, 1.807) is 31.2 Å². The summed E-state index contributed by atoms with van der Waals surface area (Å²) in [5, 5.41) is 0.785. The molecule has 5 nitrogen and oxygen atoms in total. The van der Waals surface area contributed by atoms with Gasteiger partial charge in [0, 0.05) is 22.8 Å². The maximum atomic E-state index is 14.8. The van der Waals surface area contributed by atoms with Crippen LogP contribution in [-0.4, -0.2) is 31.6 Å². The minimum atomic E-state index is -4.59. The molecule has 1 aliphatic heterocycles. The lowest BCUT2D eigenvalue weighted by atomic mass is 9.99. The first-order valence-corrected chi connectivity index (χ1v) is 10.2. The van der Waals surface area contributed by atoms with Crippen LogP contribution >= 0.6 is 0 Å². The molecule has 33 heavy (non-hydrogen) atoms. The monoisotopic (exact) mass is 461 g/mol. The number of hydrogen-bond donors (Lipinski definition) is 0. The molecule has 0 atom stereocenters. The van der Waals surface area contributed by atoms with Crippen molar-refractivity contribution in [2.24, 2.45) is 0 Å². The second kappa shape index (κ2) is 8.73. The van der Waals surface area contributed by atoms with Gasteiger partial charge in [-0.1, -0.05) is 30.3 Å². The quantitative estimate of drug-likeness (QED) is 0.358. The summed E-state index contributed by atoms with van der Waals surface area (Å²) < 4.78 is 64.6. The van der Waals surface area contributed by atoms with Gasteiger partial charge in [0.05, 0.1) is 24.4 Å². The Balaban J connectivity index is 1.88. The van der Waals surface area contributed by atoms with E-state index in [1.807, 2.05) is 0 Å². The minimum Gasteiger partial charge on any atom is -0.492 e. The van der Waals surface area contributed by atoms with Crippen molar-refractivity contribution >= 4 is 28.7 Å². The van der Waals surface area contributed by atoms with Crippen LogP contribution in [0.1, 0.15) is 28.4 Å². The zero-order valence-electron chi connectivity index (χ0n) is 17.5. The molecular formula is C24H19F4NO4. The van der Waals surface area contributed by atoms with Crippen LogP contribution in [0.25, 0.3) is 10.8 Å². The highest BCUT2D eigenvalue weighted by molar-refractivity contribution is 6.17. The molecule has 4 rings (SSSR count). The third kappa shape index (κ3) is 4.22. The SMILES string of the molecule is CCOc1c2c(c(OCC(F)(F)F)c3ccccc13)CN(c1ccc(CC=O)cc1F)C2=O. The first-order chi connectivity index (χ1) is 15.7. The summed E-state index contributed by atoms with van der Waals surface area (Å²) in [5.41, 5.74) is 0.622. The first-order valence-electron chi connectivity index (χ1n) is 10.2. The van der Waals surface area contributed by atoms with Crippen LogP contribution in [0.15, 0.2) is 42.5 Å². The Kier molecular flexibility index (Phi) is 5.97. The van der Waals surface area contributed by atoms with Crippen LogP contribution in [-0.2, 0) is 17.8 Å². The van der Waals surface area contributed by atoms with Crippen molar-refractivity contribution in [3.63, 3.8) is 0 Å². The summed E-state index contributed by atoms with van der Waals surface area (Å²) in [5.74, 6) is -1.21. The van der Waals surface area contributed by atoms with Crippen LogP contribution in [0.4, 0.5) is 23.2 Å².